The minimum Gasteiger partial charge on any atom is -0.285 e. The van der Waals surface area contributed by atoms with Crippen molar-refractivity contribution in [1.29, 1.82) is 0 Å². The van der Waals surface area contributed by atoms with E-state index in [9.17, 15) is 4.79 Å². The molecule has 0 aliphatic carbocycles. The summed E-state index contributed by atoms with van der Waals surface area (Å²) in [6, 6.07) is 6.53. The van der Waals surface area contributed by atoms with Crippen molar-refractivity contribution in [1.82, 2.24) is 9.97 Å². The van der Waals surface area contributed by atoms with Crippen LogP contribution in [0.5, 0.6) is 0 Å². The predicted molar refractivity (Wildman–Crippen MR) is 64.6 cm³/mol. The van der Waals surface area contributed by atoms with E-state index in [-0.39, 0.29) is 5.78 Å². The van der Waals surface area contributed by atoms with Gasteiger partial charge in [-0.2, -0.15) is 0 Å². The van der Waals surface area contributed by atoms with Crippen LogP contribution in [0.3, 0.4) is 0 Å². The van der Waals surface area contributed by atoms with Crippen LogP contribution in [-0.2, 0) is 0 Å². The molecule has 0 saturated heterocycles. The molecule has 0 saturated carbocycles. The summed E-state index contributed by atoms with van der Waals surface area (Å²) in [5, 5.41) is 0.482. The molecule has 0 N–H and O–H groups in total. The molecule has 0 amide bonds. The van der Waals surface area contributed by atoms with E-state index in [1.54, 1.807) is 24.4 Å². The first-order valence-electron chi connectivity index (χ1n) is 4.44. The molecule has 80 valence electrons. The van der Waals surface area contributed by atoms with E-state index < -0.39 is 0 Å². The zero-order chi connectivity index (χ0) is 11.5. The van der Waals surface area contributed by atoms with Crippen molar-refractivity contribution in [3.05, 3.63) is 57.5 Å². The van der Waals surface area contributed by atoms with Gasteiger partial charge in [-0.25, -0.2) is 0 Å². The Morgan fingerprint density at radius 2 is 2.00 bits per heavy atom. The van der Waals surface area contributed by atoms with Crippen molar-refractivity contribution in [3.8, 4) is 0 Å². The van der Waals surface area contributed by atoms with Gasteiger partial charge in [0.05, 0.1) is 0 Å². The van der Waals surface area contributed by atoms with E-state index >= 15 is 0 Å². The van der Waals surface area contributed by atoms with Gasteiger partial charge >= 0.3 is 0 Å². The molecule has 3 nitrogen and oxygen atoms in total. The fourth-order valence-electron chi connectivity index (χ4n) is 1.17. The van der Waals surface area contributed by atoms with E-state index in [1.807, 2.05) is 0 Å². The van der Waals surface area contributed by atoms with Crippen LogP contribution in [0.2, 0.25) is 5.02 Å². The molecule has 2 aromatic rings. The van der Waals surface area contributed by atoms with Gasteiger partial charge in [-0.05, 0) is 40.2 Å². The fraction of sp³-hybridized carbons (Fsp3) is 0. The zero-order valence-electron chi connectivity index (χ0n) is 8.02. The summed E-state index contributed by atoms with van der Waals surface area (Å²) in [5.74, 6) is -0.241. The van der Waals surface area contributed by atoms with Crippen LogP contribution in [0.1, 0.15) is 16.2 Å². The third kappa shape index (κ3) is 2.46. The van der Waals surface area contributed by atoms with Gasteiger partial charge in [0.1, 0.15) is 11.4 Å². The summed E-state index contributed by atoms with van der Waals surface area (Å²) < 4.78 is 0.822. The Bertz CT molecular complexity index is 528. The SMILES string of the molecule is O=C(c1ccc(Br)cn1)c1cc(Cl)ccn1. The third-order valence-corrected chi connectivity index (χ3v) is 2.62. The summed E-state index contributed by atoms with van der Waals surface area (Å²) >= 11 is 9.03. The molecule has 0 fully saturated rings. The van der Waals surface area contributed by atoms with Crippen molar-refractivity contribution < 1.29 is 4.79 Å². The minimum atomic E-state index is -0.241. The summed E-state index contributed by atoms with van der Waals surface area (Å²) in [6.45, 7) is 0. The second-order valence-corrected chi connectivity index (χ2v) is 4.40. The van der Waals surface area contributed by atoms with Gasteiger partial charge in [0.15, 0.2) is 0 Å². The smallest absolute Gasteiger partial charge is 0.229 e. The van der Waals surface area contributed by atoms with Crippen LogP contribution in [0.15, 0.2) is 41.1 Å². The topological polar surface area (TPSA) is 42.9 Å². The molecule has 0 atom stereocenters. The van der Waals surface area contributed by atoms with Crippen LogP contribution >= 0.6 is 27.5 Å². The summed E-state index contributed by atoms with van der Waals surface area (Å²) in [4.78, 5) is 19.9. The van der Waals surface area contributed by atoms with Crippen LogP contribution in [0.25, 0.3) is 0 Å². The van der Waals surface area contributed by atoms with Crippen molar-refractivity contribution in [2.24, 2.45) is 0 Å². The molecule has 0 radical (unpaired) electrons. The average molecular weight is 298 g/mol. The zero-order valence-corrected chi connectivity index (χ0v) is 10.4. The van der Waals surface area contributed by atoms with Crippen molar-refractivity contribution in [2.45, 2.75) is 0 Å². The quantitative estimate of drug-likeness (QED) is 0.800. The molecule has 0 bridgehead atoms. The highest BCUT2D eigenvalue weighted by atomic mass is 79.9. The largest absolute Gasteiger partial charge is 0.285 e. The number of hydrogen-bond acceptors (Lipinski definition) is 3. The van der Waals surface area contributed by atoms with Crippen LogP contribution in [0, 0.1) is 0 Å². The molecule has 0 unspecified atom stereocenters. The van der Waals surface area contributed by atoms with E-state index in [2.05, 4.69) is 25.9 Å². The molecule has 0 aromatic carbocycles. The van der Waals surface area contributed by atoms with Crippen LogP contribution in [0.4, 0.5) is 0 Å². The Balaban J connectivity index is 2.35. The Morgan fingerprint density at radius 1 is 1.19 bits per heavy atom. The van der Waals surface area contributed by atoms with E-state index in [1.165, 1.54) is 12.3 Å². The molecule has 0 aliphatic heterocycles. The monoisotopic (exact) mass is 296 g/mol. The maximum absolute atomic E-state index is 11.9. The highest BCUT2D eigenvalue weighted by Crippen LogP contribution is 2.13. The van der Waals surface area contributed by atoms with Crippen molar-refractivity contribution in [2.75, 3.05) is 0 Å². The summed E-state index contributed by atoms with van der Waals surface area (Å²) in [6.07, 6.45) is 3.06. The third-order valence-electron chi connectivity index (χ3n) is 1.91. The first-order chi connectivity index (χ1) is 7.66. The van der Waals surface area contributed by atoms with Crippen LogP contribution < -0.4 is 0 Å². The molecular formula is C11H6BrClN2O. The number of hydrogen-bond donors (Lipinski definition) is 0. The van der Waals surface area contributed by atoms with Gasteiger partial charge in [-0.1, -0.05) is 11.6 Å². The Labute approximate surface area is 106 Å². The number of nitrogens with zero attached hydrogens (tertiary/aromatic N) is 2. The fourth-order valence-corrected chi connectivity index (χ4v) is 1.56. The Morgan fingerprint density at radius 3 is 2.62 bits per heavy atom. The van der Waals surface area contributed by atoms with Crippen LogP contribution in [-0.4, -0.2) is 15.8 Å². The number of carbonyl (C=O) groups excluding carboxylic acids is 1. The normalized spacial score (nSPS) is 10.1. The van der Waals surface area contributed by atoms with Gasteiger partial charge in [0, 0.05) is 21.9 Å². The first kappa shape index (κ1) is 11.2. The van der Waals surface area contributed by atoms with Gasteiger partial charge in [-0.15, -0.1) is 0 Å². The molecule has 5 heteroatoms. The Hall–Kier alpha value is -1.26. The summed E-state index contributed by atoms with van der Waals surface area (Å²) in [7, 11) is 0. The van der Waals surface area contributed by atoms with E-state index in [4.69, 9.17) is 11.6 Å². The number of halogens is 2. The predicted octanol–water partition coefficient (Wildman–Crippen LogP) is 3.12. The maximum Gasteiger partial charge on any atom is 0.229 e. The lowest BCUT2D eigenvalue weighted by molar-refractivity contribution is 0.103. The van der Waals surface area contributed by atoms with Crippen molar-refractivity contribution >= 4 is 33.3 Å². The van der Waals surface area contributed by atoms with Gasteiger partial charge in [-0.3, -0.25) is 14.8 Å². The highest BCUT2D eigenvalue weighted by Gasteiger charge is 2.11. The van der Waals surface area contributed by atoms with Gasteiger partial charge in [0.2, 0.25) is 5.78 Å². The molecular weight excluding hydrogens is 291 g/mol. The molecule has 0 aliphatic rings. The average Bonchev–Trinajstić information content (AvgIpc) is 2.29. The number of pyridine rings is 2. The second kappa shape index (κ2) is 4.72. The Kier molecular flexibility index (Phi) is 3.31. The number of ketones is 1. The minimum absolute atomic E-state index is 0.241. The molecule has 0 spiro atoms. The van der Waals surface area contributed by atoms with Gasteiger partial charge < -0.3 is 0 Å². The number of aromatic nitrogens is 2. The molecule has 16 heavy (non-hydrogen) atoms. The van der Waals surface area contributed by atoms with E-state index in [0.29, 0.717) is 16.4 Å². The molecule has 2 aromatic heterocycles. The lowest BCUT2D eigenvalue weighted by Gasteiger charge is -1.99. The lowest BCUT2D eigenvalue weighted by atomic mass is 10.2. The molecule has 2 heterocycles. The maximum atomic E-state index is 11.9. The van der Waals surface area contributed by atoms with Crippen molar-refractivity contribution in [3.63, 3.8) is 0 Å². The lowest BCUT2D eigenvalue weighted by Crippen LogP contribution is -2.05. The standard InChI is InChI=1S/C11H6BrClN2O/c12-7-1-2-9(15-6-7)11(16)10-5-8(13)3-4-14-10/h1-6H. The number of carbonyl (C=O) groups is 1. The van der Waals surface area contributed by atoms with Gasteiger partial charge in [0.25, 0.3) is 0 Å². The number of rotatable bonds is 2. The summed E-state index contributed by atoms with van der Waals surface area (Å²) in [5.41, 5.74) is 0.639. The highest BCUT2D eigenvalue weighted by molar-refractivity contribution is 9.10. The second-order valence-electron chi connectivity index (χ2n) is 3.05. The molecule has 2 rings (SSSR count). The van der Waals surface area contributed by atoms with E-state index in [0.717, 1.165) is 4.47 Å². The first-order valence-corrected chi connectivity index (χ1v) is 5.62.